The highest BCUT2D eigenvalue weighted by Crippen LogP contribution is 2.33. The molecule has 1 aliphatic heterocycles. The number of morpholine rings is 1. The van der Waals surface area contributed by atoms with Gasteiger partial charge in [-0.05, 0) is 24.3 Å². The largest absolute Gasteiger partial charge is 0.378 e. The van der Waals surface area contributed by atoms with Gasteiger partial charge in [0.2, 0.25) is 0 Å². The lowest BCUT2D eigenvalue weighted by Gasteiger charge is -2.31. The molecule has 0 N–H and O–H groups in total. The molecule has 0 unspecified atom stereocenters. The van der Waals surface area contributed by atoms with Crippen LogP contribution in [-0.4, -0.2) is 30.9 Å². The molecule has 1 saturated heterocycles. The van der Waals surface area contributed by atoms with E-state index in [2.05, 4.69) is 15.5 Å². The van der Waals surface area contributed by atoms with Crippen molar-refractivity contribution in [3.05, 3.63) is 47.7 Å². The number of nitrogens with zero attached hydrogens (tertiary/aromatic N) is 2. The zero-order chi connectivity index (χ0) is 12.4. The molecule has 1 aliphatic rings. The third-order valence-corrected chi connectivity index (χ3v) is 3.48. The van der Waals surface area contributed by atoms with Crippen molar-refractivity contribution in [1.82, 2.24) is 4.57 Å². The fourth-order valence-corrected chi connectivity index (χ4v) is 2.60. The number of aromatic nitrogens is 1. The third-order valence-electron chi connectivity index (χ3n) is 3.18. The molecule has 1 fully saturated rings. The number of hydrogen-bond acceptors (Lipinski definition) is 2. The molecule has 1 aromatic heterocycles. The van der Waals surface area contributed by atoms with Crippen molar-refractivity contribution in [2.45, 2.75) is 0 Å². The molecule has 2 aromatic rings. The highest BCUT2D eigenvalue weighted by molar-refractivity contribution is 6.33. The van der Waals surface area contributed by atoms with Crippen LogP contribution in [-0.2, 0) is 4.74 Å². The van der Waals surface area contributed by atoms with Crippen molar-refractivity contribution in [3.63, 3.8) is 0 Å². The Balaban J connectivity index is 2.06. The molecule has 1 aromatic carbocycles. The van der Waals surface area contributed by atoms with E-state index in [4.69, 9.17) is 16.3 Å². The number of benzene rings is 1. The van der Waals surface area contributed by atoms with Gasteiger partial charge >= 0.3 is 0 Å². The Hall–Kier alpha value is -1.45. The van der Waals surface area contributed by atoms with Crippen molar-refractivity contribution >= 4 is 17.3 Å². The first kappa shape index (κ1) is 11.6. The second kappa shape index (κ2) is 5.04. The highest BCUT2D eigenvalue weighted by atomic mass is 35.5. The zero-order valence-electron chi connectivity index (χ0n) is 10.1. The van der Waals surface area contributed by atoms with Gasteiger partial charge in [-0.2, -0.15) is 0 Å². The van der Waals surface area contributed by atoms with Gasteiger partial charge in [0.1, 0.15) is 0 Å². The van der Waals surface area contributed by atoms with Crippen LogP contribution < -0.4 is 4.90 Å². The SMILES string of the molecule is Clc1cccc(-n2cccc2)c1N1CCOCC1. The summed E-state index contributed by atoms with van der Waals surface area (Å²) < 4.78 is 7.49. The minimum absolute atomic E-state index is 0.760. The molecule has 4 heteroatoms. The number of rotatable bonds is 2. The fraction of sp³-hybridized carbons (Fsp3) is 0.286. The van der Waals surface area contributed by atoms with E-state index in [1.807, 2.05) is 36.7 Å². The molecule has 0 saturated carbocycles. The Kier molecular flexibility index (Phi) is 3.26. The van der Waals surface area contributed by atoms with Gasteiger partial charge in [-0.25, -0.2) is 0 Å². The summed E-state index contributed by atoms with van der Waals surface area (Å²) in [5, 5.41) is 0.795. The second-order valence-electron chi connectivity index (χ2n) is 4.30. The lowest BCUT2D eigenvalue weighted by atomic mass is 10.2. The molecule has 0 bridgehead atoms. The van der Waals surface area contributed by atoms with E-state index >= 15 is 0 Å². The van der Waals surface area contributed by atoms with Gasteiger partial charge in [0.25, 0.3) is 0 Å². The summed E-state index contributed by atoms with van der Waals surface area (Å²) in [5.41, 5.74) is 2.22. The first-order valence-corrected chi connectivity index (χ1v) is 6.48. The van der Waals surface area contributed by atoms with Crippen LogP contribution in [0.15, 0.2) is 42.7 Å². The Morgan fingerprint density at radius 3 is 2.44 bits per heavy atom. The molecule has 94 valence electrons. The molecule has 3 nitrogen and oxygen atoms in total. The minimum atomic E-state index is 0.760. The van der Waals surface area contributed by atoms with Gasteiger partial charge < -0.3 is 14.2 Å². The predicted octanol–water partition coefficient (Wildman–Crippen LogP) is 2.97. The first-order chi connectivity index (χ1) is 8.86. The van der Waals surface area contributed by atoms with E-state index < -0.39 is 0 Å². The van der Waals surface area contributed by atoms with Crippen LogP contribution in [0.5, 0.6) is 0 Å². The number of hydrogen-bond donors (Lipinski definition) is 0. The van der Waals surface area contributed by atoms with Gasteiger partial charge in [0.15, 0.2) is 0 Å². The number of ether oxygens (including phenoxy) is 1. The van der Waals surface area contributed by atoms with Crippen LogP contribution in [0, 0.1) is 0 Å². The smallest absolute Gasteiger partial charge is 0.0801 e. The summed E-state index contributed by atoms with van der Waals surface area (Å²) in [5.74, 6) is 0. The summed E-state index contributed by atoms with van der Waals surface area (Å²) in [6, 6.07) is 10.1. The van der Waals surface area contributed by atoms with E-state index in [1.54, 1.807) is 0 Å². The summed E-state index contributed by atoms with van der Waals surface area (Å²) >= 11 is 6.38. The van der Waals surface area contributed by atoms with Gasteiger partial charge in [0.05, 0.1) is 29.6 Å². The molecule has 0 amide bonds. The maximum Gasteiger partial charge on any atom is 0.0801 e. The molecule has 3 rings (SSSR count). The van der Waals surface area contributed by atoms with Crippen LogP contribution in [0.25, 0.3) is 5.69 Å². The summed E-state index contributed by atoms with van der Waals surface area (Å²) in [4.78, 5) is 2.29. The maximum atomic E-state index is 6.38. The number of halogens is 1. The van der Waals surface area contributed by atoms with E-state index in [0.29, 0.717) is 0 Å². The topological polar surface area (TPSA) is 17.4 Å². The molecular weight excluding hydrogens is 248 g/mol. The monoisotopic (exact) mass is 262 g/mol. The number of para-hydroxylation sites is 1. The van der Waals surface area contributed by atoms with Gasteiger partial charge in [-0.1, -0.05) is 17.7 Å². The highest BCUT2D eigenvalue weighted by Gasteiger charge is 2.18. The van der Waals surface area contributed by atoms with Crippen LogP contribution in [0.3, 0.4) is 0 Å². The first-order valence-electron chi connectivity index (χ1n) is 6.11. The van der Waals surface area contributed by atoms with Gasteiger partial charge in [-0.15, -0.1) is 0 Å². The zero-order valence-corrected chi connectivity index (χ0v) is 10.8. The molecule has 18 heavy (non-hydrogen) atoms. The van der Waals surface area contributed by atoms with Crippen LogP contribution in [0.2, 0.25) is 5.02 Å². The maximum absolute atomic E-state index is 6.38. The summed E-state index contributed by atoms with van der Waals surface area (Å²) in [7, 11) is 0. The normalized spacial score (nSPS) is 15.9. The van der Waals surface area contributed by atoms with E-state index in [0.717, 1.165) is 42.7 Å². The van der Waals surface area contributed by atoms with Gasteiger partial charge in [0, 0.05) is 25.5 Å². The van der Waals surface area contributed by atoms with Crippen molar-refractivity contribution in [2.24, 2.45) is 0 Å². The average Bonchev–Trinajstić information content (AvgIpc) is 2.93. The second-order valence-corrected chi connectivity index (χ2v) is 4.70. The standard InChI is InChI=1S/C14H15ClN2O/c15-12-4-3-5-13(16-6-1-2-7-16)14(12)17-8-10-18-11-9-17/h1-7H,8-11H2. The third kappa shape index (κ3) is 2.11. The molecule has 0 spiro atoms. The van der Waals surface area contributed by atoms with E-state index in [9.17, 15) is 0 Å². The lowest BCUT2D eigenvalue weighted by Crippen LogP contribution is -2.37. The molecule has 0 aliphatic carbocycles. The van der Waals surface area contributed by atoms with E-state index in [1.165, 1.54) is 0 Å². The molecule has 2 heterocycles. The fourth-order valence-electron chi connectivity index (χ4n) is 2.31. The van der Waals surface area contributed by atoms with Crippen molar-refractivity contribution in [3.8, 4) is 5.69 Å². The van der Waals surface area contributed by atoms with E-state index in [-0.39, 0.29) is 0 Å². The lowest BCUT2D eigenvalue weighted by molar-refractivity contribution is 0.122. The van der Waals surface area contributed by atoms with Crippen molar-refractivity contribution < 1.29 is 4.74 Å². The van der Waals surface area contributed by atoms with Crippen LogP contribution in [0.4, 0.5) is 5.69 Å². The Morgan fingerprint density at radius 2 is 1.72 bits per heavy atom. The van der Waals surface area contributed by atoms with Crippen molar-refractivity contribution in [1.29, 1.82) is 0 Å². The van der Waals surface area contributed by atoms with Gasteiger partial charge in [-0.3, -0.25) is 0 Å². The molecule has 0 radical (unpaired) electrons. The summed E-state index contributed by atoms with van der Waals surface area (Å²) in [6.07, 6.45) is 4.07. The Labute approximate surface area is 112 Å². The van der Waals surface area contributed by atoms with Crippen LogP contribution in [0.1, 0.15) is 0 Å². The minimum Gasteiger partial charge on any atom is -0.378 e. The quantitative estimate of drug-likeness (QED) is 0.828. The summed E-state index contributed by atoms with van der Waals surface area (Å²) in [6.45, 7) is 3.29. The van der Waals surface area contributed by atoms with Crippen LogP contribution >= 0.6 is 11.6 Å². The Bertz CT molecular complexity index is 519. The average molecular weight is 263 g/mol. The molecule has 0 atom stereocenters. The Morgan fingerprint density at radius 1 is 1.00 bits per heavy atom. The predicted molar refractivity (Wildman–Crippen MR) is 73.8 cm³/mol. The molecular formula is C14H15ClN2O. The van der Waals surface area contributed by atoms with Crippen molar-refractivity contribution in [2.75, 3.05) is 31.2 Å². The number of anilines is 1.